The molecular formula is C32H38F6N6O2. The molecule has 2 aliphatic carbocycles. The molecule has 1 aromatic heterocycles. The molecule has 0 unspecified atom stereocenters. The Balaban J connectivity index is 1.51. The maximum absolute atomic E-state index is 13.7. The fourth-order valence-corrected chi connectivity index (χ4v) is 6.68. The van der Waals surface area contributed by atoms with Crippen molar-refractivity contribution in [2.24, 2.45) is 18.9 Å². The van der Waals surface area contributed by atoms with Crippen LogP contribution in [0.15, 0.2) is 30.3 Å². The Morgan fingerprint density at radius 3 is 2.02 bits per heavy atom. The minimum atomic E-state index is -4.97. The molecule has 1 saturated carbocycles. The van der Waals surface area contributed by atoms with Crippen LogP contribution in [-0.4, -0.2) is 44.4 Å². The molecule has 0 saturated heterocycles. The second-order valence-electron chi connectivity index (χ2n) is 12.4. The third-order valence-electron chi connectivity index (χ3n) is 9.10. The first-order valence-corrected chi connectivity index (χ1v) is 15.6. The SMILES string of the molecule is CCN(C[C@H]1CC[C@H](C(=O)O)CC1)c1cc2c(cc1CN(Cc1cc(C(F)(F)F)cc(C(F)(F)F)c1)c1nnn(C)n1)CCCC2. The first-order chi connectivity index (χ1) is 21.7. The van der Waals surface area contributed by atoms with E-state index in [0.29, 0.717) is 31.8 Å². The summed E-state index contributed by atoms with van der Waals surface area (Å²) >= 11 is 0. The van der Waals surface area contributed by atoms with Gasteiger partial charge in [-0.1, -0.05) is 11.2 Å². The van der Waals surface area contributed by atoms with Gasteiger partial charge in [0.2, 0.25) is 0 Å². The van der Waals surface area contributed by atoms with Crippen LogP contribution in [0.3, 0.4) is 0 Å². The first kappa shape index (κ1) is 33.5. The molecule has 0 aliphatic heterocycles. The number of hydrogen-bond donors (Lipinski definition) is 1. The van der Waals surface area contributed by atoms with Gasteiger partial charge in [-0.05, 0) is 116 Å². The summed E-state index contributed by atoms with van der Waals surface area (Å²) < 4.78 is 82.1. The Morgan fingerprint density at radius 1 is 0.891 bits per heavy atom. The van der Waals surface area contributed by atoms with Gasteiger partial charge in [-0.2, -0.15) is 31.1 Å². The molecule has 1 fully saturated rings. The number of anilines is 2. The van der Waals surface area contributed by atoms with Crippen LogP contribution in [0, 0.1) is 11.8 Å². The Hall–Kier alpha value is -3.84. The summed E-state index contributed by atoms with van der Waals surface area (Å²) in [7, 11) is 1.53. The minimum absolute atomic E-state index is 0.0761. The maximum Gasteiger partial charge on any atom is 0.416 e. The van der Waals surface area contributed by atoms with E-state index in [-0.39, 0.29) is 36.6 Å². The van der Waals surface area contributed by atoms with Gasteiger partial charge in [-0.25, -0.2) is 0 Å². The van der Waals surface area contributed by atoms with Crippen molar-refractivity contribution in [3.05, 3.63) is 63.7 Å². The molecule has 1 heterocycles. The molecule has 0 radical (unpaired) electrons. The largest absolute Gasteiger partial charge is 0.481 e. The number of tetrazole rings is 1. The van der Waals surface area contributed by atoms with Gasteiger partial charge in [-0.3, -0.25) is 4.79 Å². The summed E-state index contributed by atoms with van der Waals surface area (Å²) in [4.78, 5) is 16.5. The van der Waals surface area contributed by atoms with Gasteiger partial charge in [0.25, 0.3) is 5.95 Å². The van der Waals surface area contributed by atoms with Crippen molar-refractivity contribution in [3.8, 4) is 0 Å². The number of aromatic nitrogens is 4. The van der Waals surface area contributed by atoms with Gasteiger partial charge in [0, 0.05) is 31.9 Å². The lowest BCUT2D eigenvalue weighted by molar-refractivity contribution is -0.144. The number of halogens is 6. The number of benzene rings is 2. The monoisotopic (exact) mass is 652 g/mol. The molecule has 14 heteroatoms. The molecule has 46 heavy (non-hydrogen) atoms. The normalized spacial score (nSPS) is 18.7. The lowest BCUT2D eigenvalue weighted by Gasteiger charge is -2.35. The number of alkyl halides is 6. The number of carboxylic acids is 1. The highest BCUT2D eigenvalue weighted by molar-refractivity contribution is 5.70. The van der Waals surface area contributed by atoms with E-state index >= 15 is 0 Å². The van der Waals surface area contributed by atoms with Crippen molar-refractivity contribution in [2.75, 3.05) is 22.9 Å². The molecule has 2 aliphatic rings. The van der Waals surface area contributed by atoms with Crippen molar-refractivity contribution in [1.82, 2.24) is 20.2 Å². The van der Waals surface area contributed by atoms with Gasteiger partial charge in [-0.15, -0.1) is 5.10 Å². The molecule has 250 valence electrons. The quantitative estimate of drug-likeness (QED) is 0.235. The van der Waals surface area contributed by atoms with Crippen LogP contribution >= 0.6 is 0 Å². The number of carboxylic acid groups (broad SMARTS) is 1. The highest BCUT2D eigenvalue weighted by Crippen LogP contribution is 2.38. The van der Waals surface area contributed by atoms with Crippen LogP contribution in [0.2, 0.25) is 0 Å². The average molecular weight is 653 g/mol. The second-order valence-corrected chi connectivity index (χ2v) is 12.4. The van der Waals surface area contributed by atoms with Crippen molar-refractivity contribution in [3.63, 3.8) is 0 Å². The Kier molecular flexibility index (Phi) is 9.83. The summed E-state index contributed by atoms with van der Waals surface area (Å²) in [6, 6.07) is 5.87. The summed E-state index contributed by atoms with van der Waals surface area (Å²) in [6.45, 7) is 3.21. The number of fused-ring (bicyclic) bond motifs is 1. The van der Waals surface area contributed by atoms with E-state index in [1.54, 1.807) is 4.90 Å². The van der Waals surface area contributed by atoms with E-state index in [1.165, 1.54) is 23.0 Å². The lowest BCUT2D eigenvalue weighted by atomic mass is 9.81. The van der Waals surface area contributed by atoms with Gasteiger partial charge in [0.1, 0.15) is 0 Å². The van der Waals surface area contributed by atoms with Crippen LogP contribution in [-0.2, 0) is 50.1 Å². The van der Waals surface area contributed by atoms with E-state index in [9.17, 15) is 36.2 Å². The third-order valence-corrected chi connectivity index (χ3v) is 9.10. The molecule has 0 atom stereocenters. The zero-order valence-corrected chi connectivity index (χ0v) is 25.8. The molecule has 0 bridgehead atoms. The standard InChI is InChI=1S/C32H38F6N6O2/c1-3-43(17-20-8-10-22(11-9-20)29(45)46)28-15-24-7-5-4-6-23(24)14-25(28)19-44(30-39-41-42(2)40-30)18-21-12-26(31(33,34)35)16-27(13-21)32(36,37)38/h12-16,20,22H,3-11,17-19H2,1-2H3,(H,45,46)/t20-,22-. The number of rotatable bonds is 10. The highest BCUT2D eigenvalue weighted by atomic mass is 19.4. The topological polar surface area (TPSA) is 87.4 Å². The molecule has 0 spiro atoms. The molecule has 0 amide bonds. The van der Waals surface area contributed by atoms with Crippen LogP contribution in [0.4, 0.5) is 38.0 Å². The number of hydrogen-bond acceptors (Lipinski definition) is 6. The van der Waals surface area contributed by atoms with Gasteiger partial charge in [0.05, 0.1) is 24.1 Å². The predicted octanol–water partition coefficient (Wildman–Crippen LogP) is 7.05. The van der Waals surface area contributed by atoms with Crippen molar-refractivity contribution < 1.29 is 36.2 Å². The van der Waals surface area contributed by atoms with Crippen molar-refractivity contribution in [2.45, 2.75) is 83.7 Å². The van der Waals surface area contributed by atoms with Crippen molar-refractivity contribution >= 4 is 17.6 Å². The Labute approximate surface area is 263 Å². The van der Waals surface area contributed by atoms with Crippen molar-refractivity contribution in [1.29, 1.82) is 0 Å². The van der Waals surface area contributed by atoms with Crippen LogP contribution in [0.5, 0.6) is 0 Å². The maximum atomic E-state index is 13.7. The molecule has 1 N–H and O–H groups in total. The van der Waals surface area contributed by atoms with Gasteiger partial charge >= 0.3 is 18.3 Å². The van der Waals surface area contributed by atoms with E-state index in [4.69, 9.17) is 0 Å². The smallest absolute Gasteiger partial charge is 0.416 e. The Morgan fingerprint density at radius 2 is 1.50 bits per heavy atom. The molecule has 5 rings (SSSR count). The molecule has 3 aromatic rings. The number of nitrogens with zero attached hydrogens (tertiary/aromatic N) is 6. The van der Waals surface area contributed by atoms with Crippen LogP contribution < -0.4 is 9.80 Å². The molecule has 8 nitrogen and oxygen atoms in total. The summed E-state index contributed by atoms with van der Waals surface area (Å²) in [5.41, 5.74) is 1.26. The summed E-state index contributed by atoms with van der Waals surface area (Å²) in [5.74, 6) is -0.716. The van der Waals surface area contributed by atoms with Gasteiger partial charge in [0.15, 0.2) is 0 Å². The van der Waals surface area contributed by atoms with E-state index in [2.05, 4.69) is 32.4 Å². The lowest BCUT2D eigenvalue weighted by Crippen LogP contribution is -2.34. The Bertz CT molecular complexity index is 1500. The number of aryl methyl sites for hydroxylation is 3. The fraction of sp³-hybridized carbons (Fsp3) is 0.562. The fourth-order valence-electron chi connectivity index (χ4n) is 6.68. The average Bonchev–Trinajstić information content (AvgIpc) is 3.44. The van der Waals surface area contributed by atoms with E-state index in [1.807, 2.05) is 6.92 Å². The zero-order chi connectivity index (χ0) is 33.2. The van der Waals surface area contributed by atoms with E-state index < -0.39 is 29.4 Å². The predicted molar refractivity (Wildman–Crippen MR) is 159 cm³/mol. The highest BCUT2D eigenvalue weighted by Gasteiger charge is 2.37. The van der Waals surface area contributed by atoms with Crippen LogP contribution in [0.25, 0.3) is 0 Å². The third kappa shape index (κ3) is 7.92. The molecule has 2 aromatic carbocycles. The number of aliphatic carboxylic acids is 1. The summed E-state index contributed by atoms with van der Waals surface area (Å²) in [6.07, 6.45) is -3.23. The number of carbonyl (C=O) groups is 1. The molecular weight excluding hydrogens is 614 g/mol. The zero-order valence-electron chi connectivity index (χ0n) is 25.8. The van der Waals surface area contributed by atoms with Gasteiger partial charge < -0.3 is 14.9 Å². The first-order valence-electron chi connectivity index (χ1n) is 15.6. The minimum Gasteiger partial charge on any atom is -0.481 e. The summed E-state index contributed by atoms with van der Waals surface area (Å²) in [5, 5.41) is 21.6. The van der Waals surface area contributed by atoms with E-state index in [0.717, 1.165) is 61.9 Å². The second kappa shape index (κ2) is 13.5. The van der Waals surface area contributed by atoms with Crippen LogP contribution in [0.1, 0.15) is 78.8 Å².